The molecule has 0 aromatic carbocycles. The van der Waals surface area contributed by atoms with E-state index in [2.05, 4.69) is 15.5 Å². The molecule has 2 aromatic rings. The van der Waals surface area contributed by atoms with Crippen LogP contribution in [0.25, 0.3) is 0 Å². The van der Waals surface area contributed by atoms with Crippen LogP contribution in [-0.2, 0) is 0 Å². The van der Waals surface area contributed by atoms with Crippen LogP contribution < -0.4 is 10.9 Å². The van der Waals surface area contributed by atoms with E-state index in [0.717, 1.165) is 5.76 Å². The van der Waals surface area contributed by atoms with Crippen LogP contribution >= 0.6 is 0 Å². The summed E-state index contributed by atoms with van der Waals surface area (Å²) in [5.41, 5.74) is -0.176. The van der Waals surface area contributed by atoms with Crippen molar-refractivity contribution in [3.63, 3.8) is 0 Å². The Morgan fingerprint density at radius 1 is 1.45 bits per heavy atom. The first-order valence-electron chi connectivity index (χ1n) is 6.11. The van der Waals surface area contributed by atoms with Gasteiger partial charge in [-0.3, -0.25) is 14.5 Å². The normalized spacial score (nSPS) is 12.3. The second kappa shape index (κ2) is 6.16. The summed E-state index contributed by atoms with van der Waals surface area (Å²) < 4.78 is 5.35. The maximum atomic E-state index is 11.9. The van der Waals surface area contributed by atoms with Crippen molar-refractivity contribution in [3.8, 4) is 0 Å². The van der Waals surface area contributed by atoms with Gasteiger partial charge in [0.2, 0.25) is 0 Å². The number of aromatic amines is 1. The zero-order valence-corrected chi connectivity index (χ0v) is 11.3. The SMILES string of the molecule is CN(C)C(CNC(=O)c1ccc(=O)[nH]n1)c1ccco1. The van der Waals surface area contributed by atoms with E-state index in [1.807, 2.05) is 25.1 Å². The largest absolute Gasteiger partial charge is 0.468 e. The Bertz CT molecular complexity index is 598. The molecule has 1 atom stereocenters. The number of likely N-dealkylation sites (N-methyl/N-ethyl adjacent to an activating group) is 1. The molecule has 0 aliphatic carbocycles. The molecule has 0 saturated heterocycles. The lowest BCUT2D eigenvalue weighted by atomic mass is 10.2. The summed E-state index contributed by atoms with van der Waals surface area (Å²) in [6.07, 6.45) is 1.59. The van der Waals surface area contributed by atoms with Crippen LogP contribution in [0.4, 0.5) is 0 Å². The number of carbonyl (C=O) groups is 1. The van der Waals surface area contributed by atoms with Gasteiger partial charge in [0.05, 0.1) is 12.3 Å². The third kappa shape index (κ3) is 3.33. The molecule has 2 rings (SSSR count). The highest BCUT2D eigenvalue weighted by Crippen LogP contribution is 2.17. The zero-order chi connectivity index (χ0) is 14.5. The molecule has 2 heterocycles. The number of H-pyrrole nitrogens is 1. The Morgan fingerprint density at radius 3 is 2.80 bits per heavy atom. The van der Waals surface area contributed by atoms with Crippen LogP contribution in [-0.4, -0.2) is 41.6 Å². The Hall–Kier alpha value is -2.41. The minimum atomic E-state index is -0.348. The fraction of sp³-hybridized carbons (Fsp3) is 0.308. The second-order valence-electron chi connectivity index (χ2n) is 4.51. The Morgan fingerprint density at radius 2 is 2.25 bits per heavy atom. The van der Waals surface area contributed by atoms with E-state index < -0.39 is 0 Å². The van der Waals surface area contributed by atoms with Crippen molar-refractivity contribution in [2.24, 2.45) is 0 Å². The number of carbonyl (C=O) groups excluding carboxylic acids is 1. The summed E-state index contributed by atoms with van der Waals surface area (Å²) in [5.74, 6) is 0.421. The third-order valence-corrected chi connectivity index (χ3v) is 2.86. The molecular formula is C13H16N4O3. The van der Waals surface area contributed by atoms with Gasteiger partial charge >= 0.3 is 0 Å². The van der Waals surface area contributed by atoms with Crippen LogP contribution in [0.15, 0.2) is 39.7 Å². The van der Waals surface area contributed by atoms with Crippen molar-refractivity contribution in [1.29, 1.82) is 0 Å². The van der Waals surface area contributed by atoms with Gasteiger partial charge in [0, 0.05) is 12.6 Å². The lowest BCUT2D eigenvalue weighted by Gasteiger charge is -2.22. The predicted octanol–water partition coefficient (Wildman–Crippen LogP) is 0.396. The summed E-state index contributed by atoms with van der Waals surface area (Å²) >= 11 is 0. The number of hydrogen-bond donors (Lipinski definition) is 2. The van der Waals surface area contributed by atoms with Crippen LogP contribution in [0.5, 0.6) is 0 Å². The highest BCUT2D eigenvalue weighted by molar-refractivity contribution is 5.91. The van der Waals surface area contributed by atoms with Crippen molar-refractivity contribution in [3.05, 3.63) is 52.3 Å². The van der Waals surface area contributed by atoms with Crippen molar-refractivity contribution >= 4 is 5.91 Å². The van der Waals surface area contributed by atoms with Crippen LogP contribution in [0.3, 0.4) is 0 Å². The Kier molecular flexibility index (Phi) is 4.31. The second-order valence-corrected chi connectivity index (χ2v) is 4.51. The molecule has 1 unspecified atom stereocenters. The number of rotatable bonds is 5. The van der Waals surface area contributed by atoms with Gasteiger partial charge in [0.15, 0.2) is 0 Å². The average Bonchev–Trinajstić information content (AvgIpc) is 2.93. The molecular weight excluding hydrogens is 260 g/mol. The zero-order valence-electron chi connectivity index (χ0n) is 11.3. The number of hydrogen-bond acceptors (Lipinski definition) is 5. The molecule has 0 aliphatic rings. The minimum Gasteiger partial charge on any atom is -0.468 e. The van der Waals surface area contributed by atoms with E-state index in [4.69, 9.17) is 4.42 Å². The number of amides is 1. The molecule has 0 saturated carbocycles. The fourth-order valence-corrected chi connectivity index (χ4v) is 1.77. The molecule has 0 spiro atoms. The maximum Gasteiger partial charge on any atom is 0.271 e. The van der Waals surface area contributed by atoms with Gasteiger partial charge in [-0.05, 0) is 32.3 Å². The van der Waals surface area contributed by atoms with Gasteiger partial charge < -0.3 is 9.73 Å². The van der Waals surface area contributed by atoms with Crippen LogP contribution in [0.2, 0.25) is 0 Å². The molecule has 2 N–H and O–H groups in total. The van der Waals surface area contributed by atoms with E-state index in [-0.39, 0.29) is 23.2 Å². The number of furan rings is 1. The maximum absolute atomic E-state index is 11.9. The van der Waals surface area contributed by atoms with Gasteiger partial charge in [-0.15, -0.1) is 0 Å². The average molecular weight is 276 g/mol. The minimum absolute atomic E-state index is 0.0725. The molecule has 1 amide bonds. The molecule has 2 aromatic heterocycles. The van der Waals surface area contributed by atoms with Gasteiger partial charge in [-0.2, -0.15) is 5.10 Å². The first-order valence-corrected chi connectivity index (χ1v) is 6.11. The summed E-state index contributed by atoms with van der Waals surface area (Å²) in [6, 6.07) is 6.23. The van der Waals surface area contributed by atoms with E-state index in [9.17, 15) is 9.59 Å². The first-order chi connectivity index (χ1) is 9.58. The molecule has 0 fully saturated rings. The molecule has 7 heteroatoms. The fourth-order valence-electron chi connectivity index (χ4n) is 1.77. The first kappa shape index (κ1) is 14.0. The highest BCUT2D eigenvalue weighted by Gasteiger charge is 2.18. The lowest BCUT2D eigenvalue weighted by molar-refractivity contribution is 0.0933. The third-order valence-electron chi connectivity index (χ3n) is 2.86. The van der Waals surface area contributed by atoms with E-state index in [1.165, 1.54) is 12.1 Å². The lowest BCUT2D eigenvalue weighted by Crippen LogP contribution is -2.35. The van der Waals surface area contributed by atoms with E-state index in [0.29, 0.717) is 6.54 Å². The standard InChI is InChI=1S/C13H16N4O3/c1-17(2)10(11-4-3-7-20-11)8-14-13(19)9-5-6-12(18)16-15-9/h3-7,10H,8H2,1-2H3,(H,14,19)(H,16,18). The predicted molar refractivity (Wildman–Crippen MR) is 72.3 cm³/mol. The summed E-state index contributed by atoms with van der Waals surface area (Å²) in [5, 5.41) is 8.66. The highest BCUT2D eigenvalue weighted by atomic mass is 16.3. The summed E-state index contributed by atoms with van der Waals surface area (Å²) in [7, 11) is 3.80. The molecule has 7 nitrogen and oxygen atoms in total. The smallest absolute Gasteiger partial charge is 0.271 e. The van der Waals surface area contributed by atoms with Crippen molar-refractivity contribution in [2.75, 3.05) is 20.6 Å². The summed E-state index contributed by atoms with van der Waals surface area (Å²) in [6.45, 7) is 0.375. The van der Waals surface area contributed by atoms with Gasteiger partial charge in [-0.25, -0.2) is 5.10 Å². The number of nitrogens with zero attached hydrogens (tertiary/aromatic N) is 2. The van der Waals surface area contributed by atoms with Crippen molar-refractivity contribution < 1.29 is 9.21 Å². The van der Waals surface area contributed by atoms with Gasteiger partial charge in [0.25, 0.3) is 11.5 Å². The molecule has 0 bridgehead atoms. The summed E-state index contributed by atoms with van der Waals surface area (Å²) in [4.78, 5) is 24.7. The Balaban J connectivity index is 2.01. The number of aromatic nitrogens is 2. The molecule has 20 heavy (non-hydrogen) atoms. The van der Waals surface area contributed by atoms with Crippen LogP contribution in [0, 0.1) is 0 Å². The van der Waals surface area contributed by atoms with Crippen molar-refractivity contribution in [1.82, 2.24) is 20.4 Å². The number of nitrogens with one attached hydrogen (secondary N) is 2. The quantitative estimate of drug-likeness (QED) is 0.824. The van der Waals surface area contributed by atoms with E-state index in [1.54, 1.807) is 12.3 Å². The van der Waals surface area contributed by atoms with Crippen molar-refractivity contribution in [2.45, 2.75) is 6.04 Å². The Labute approximate surface area is 115 Å². The van der Waals surface area contributed by atoms with E-state index >= 15 is 0 Å². The monoisotopic (exact) mass is 276 g/mol. The molecule has 0 radical (unpaired) electrons. The molecule has 0 aliphatic heterocycles. The van der Waals surface area contributed by atoms with Gasteiger partial charge in [-0.1, -0.05) is 0 Å². The van der Waals surface area contributed by atoms with Crippen LogP contribution in [0.1, 0.15) is 22.3 Å². The van der Waals surface area contributed by atoms with Gasteiger partial charge in [0.1, 0.15) is 11.5 Å². The topological polar surface area (TPSA) is 91.2 Å². The molecule has 106 valence electrons.